The summed E-state index contributed by atoms with van der Waals surface area (Å²) in [6, 6.07) is 0. The summed E-state index contributed by atoms with van der Waals surface area (Å²) in [5, 5.41) is 0. The lowest BCUT2D eigenvalue weighted by Gasteiger charge is -2.29. The van der Waals surface area contributed by atoms with Gasteiger partial charge in [0.15, 0.2) is 0 Å². The van der Waals surface area contributed by atoms with Gasteiger partial charge in [0.1, 0.15) is 11.2 Å². The number of fused-ring (bicyclic) bond motifs is 2. The van der Waals surface area contributed by atoms with Crippen LogP contribution in [0.3, 0.4) is 0 Å². The van der Waals surface area contributed by atoms with Crippen molar-refractivity contribution < 1.29 is 23.8 Å². The second kappa shape index (κ2) is 3.37. The summed E-state index contributed by atoms with van der Waals surface area (Å²) in [5.41, 5.74) is 0.910. The van der Waals surface area contributed by atoms with E-state index < -0.39 is 0 Å². The van der Waals surface area contributed by atoms with Crippen molar-refractivity contribution in [2.24, 2.45) is 29.1 Å². The normalized spacial score (nSPS) is 51.7. The van der Waals surface area contributed by atoms with E-state index in [1.54, 1.807) is 0 Å². The van der Waals surface area contributed by atoms with Crippen molar-refractivity contribution in [1.29, 1.82) is 0 Å². The molecule has 0 aromatic heterocycles. The summed E-state index contributed by atoms with van der Waals surface area (Å²) in [4.78, 5) is 25.1. The Bertz CT molecular complexity index is 665. The van der Waals surface area contributed by atoms with Gasteiger partial charge in [-0.05, 0) is 49.4 Å². The first-order valence-electron chi connectivity index (χ1n) is 8.69. The van der Waals surface area contributed by atoms with Crippen LogP contribution in [0.2, 0.25) is 0 Å². The molecule has 6 aliphatic rings. The lowest BCUT2D eigenvalue weighted by atomic mass is 9.69. The molecule has 0 unspecified atom stereocenters. The zero-order valence-corrected chi connectivity index (χ0v) is 13.4. The Hall–Kier alpha value is -1.36. The van der Waals surface area contributed by atoms with Crippen molar-refractivity contribution in [3.05, 3.63) is 11.1 Å². The number of epoxide rings is 1. The van der Waals surface area contributed by atoms with Crippen LogP contribution < -0.4 is 0 Å². The van der Waals surface area contributed by atoms with E-state index in [1.165, 1.54) is 33.5 Å². The molecule has 1 heterocycles. The first-order valence-corrected chi connectivity index (χ1v) is 8.69. The monoisotopic (exact) mass is 316 g/mol. The third-order valence-electron chi connectivity index (χ3n) is 8.07. The van der Waals surface area contributed by atoms with Crippen molar-refractivity contribution in [3.63, 3.8) is 0 Å². The third kappa shape index (κ3) is 0.978. The van der Waals surface area contributed by atoms with E-state index in [9.17, 15) is 9.59 Å². The number of methoxy groups -OCH3 is 2. The summed E-state index contributed by atoms with van der Waals surface area (Å²) in [5.74, 6) is 0.502. The summed E-state index contributed by atoms with van der Waals surface area (Å²) >= 11 is 0. The predicted octanol–water partition coefficient (Wildman–Crippen LogP) is 1.61. The van der Waals surface area contributed by atoms with E-state index in [-0.39, 0.29) is 40.4 Å². The molecule has 1 spiro atoms. The maximum Gasteiger partial charge on any atom is 0.334 e. The Labute approximate surface area is 134 Å². The SMILES string of the molecule is COC(=O)C1=C(C(=O)OC)[C@H]2C3(CC3)[C@H]1[C@@]13O[C@@]21[C@@H]1CC[C@@H]3C1. The van der Waals surface area contributed by atoms with Gasteiger partial charge < -0.3 is 14.2 Å². The number of rotatable bonds is 2. The van der Waals surface area contributed by atoms with Gasteiger partial charge in [0.25, 0.3) is 0 Å². The molecule has 122 valence electrons. The maximum atomic E-state index is 12.6. The summed E-state index contributed by atoms with van der Waals surface area (Å²) in [6.45, 7) is 0. The van der Waals surface area contributed by atoms with Gasteiger partial charge in [0, 0.05) is 11.8 Å². The first kappa shape index (κ1) is 13.0. The molecule has 0 radical (unpaired) electrons. The molecule has 1 aliphatic heterocycles. The summed E-state index contributed by atoms with van der Waals surface area (Å²) in [6.07, 6.45) is 5.79. The summed E-state index contributed by atoms with van der Waals surface area (Å²) < 4.78 is 16.6. The van der Waals surface area contributed by atoms with E-state index in [2.05, 4.69) is 0 Å². The zero-order chi connectivity index (χ0) is 15.8. The van der Waals surface area contributed by atoms with Gasteiger partial charge in [-0.2, -0.15) is 0 Å². The minimum absolute atomic E-state index is 0.0526. The van der Waals surface area contributed by atoms with E-state index in [0.717, 1.165) is 12.8 Å². The molecule has 23 heavy (non-hydrogen) atoms. The molecule has 5 aliphatic carbocycles. The van der Waals surface area contributed by atoms with Gasteiger partial charge in [-0.1, -0.05) is 0 Å². The zero-order valence-electron chi connectivity index (χ0n) is 13.4. The predicted molar refractivity (Wildman–Crippen MR) is 77.1 cm³/mol. The lowest BCUT2D eigenvalue weighted by molar-refractivity contribution is -0.140. The molecule has 0 amide bonds. The van der Waals surface area contributed by atoms with Crippen molar-refractivity contribution in [2.45, 2.75) is 43.3 Å². The van der Waals surface area contributed by atoms with E-state index in [0.29, 0.717) is 23.0 Å². The van der Waals surface area contributed by atoms with Crippen molar-refractivity contribution in [2.75, 3.05) is 14.2 Å². The molecule has 5 nitrogen and oxygen atoms in total. The second-order valence-corrected chi connectivity index (χ2v) is 8.30. The van der Waals surface area contributed by atoms with Gasteiger partial charge in [-0.15, -0.1) is 0 Å². The average Bonchev–Trinajstić information content (AvgIpc) is 3.34. The number of carbonyl (C=O) groups excluding carboxylic acids is 2. The topological polar surface area (TPSA) is 65.1 Å². The highest BCUT2D eigenvalue weighted by atomic mass is 16.6. The number of ether oxygens (including phenoxy) is 3. The average molecular weight is 316 g/mol. The van der Waals surface area contributed by atoms with Gasteiger partial charge >= 0.3 is 11.9 Å². The molecule has 5 fully saturated rings. The van der Waals surface area contributed by atoms with E-state index >= 15 is 0 Å². The number of esters is 2. The number of hydrogen-bond donors (Lipinski definition) is 0. The Morgan fingerprint density at radius 3 is 1.83 bits per heavy atom. The Balaban J connectivity index is 1.61. The first-order chi connectivity index (χ1) is 11.1. The fraction of sp³-hybridized carbons (Fsp3) is 0.778. The van der Waals surface area contributed by atoms with Crippen LogP contribution >= 0.6 is 0 Å². The molecule has 4 bridgehead atoms. The lowest BCUT2D eigenvalue weighted by Crippen LogP contribution is -2.42. The van der Waals surface area contributed by atoms with Gasteiger partial charge in [-0.25, -0.2) is 9.59 Å². The highest BCUT2D eigenvalue weighted by molar-refractivity contribution is 6.04. The van der Waals surface area contributed by atoms with E-state index in [4.69, 9.17) is 14.2 Å². The molecule has 6 atom stereocenters. The maximum absolute atomic E-state index is 12.6. The molecule has 1 saturated heterocycles. The minimum atomic E-state index is -0.356. The van der Waals surface area contributed by atoms with Crippen molar-refractivity contribution >= 4 is 11.9 Å². The van der Waals surface area contributed by atoms with Crippen LogP contribution in [0.1, 0.15) is 32.1 Å². The fourth-order valence-corrected chi connectivity index (χ4v) is 7.59. The standard InChI is InChI=1S/C18H20O5/c1-21-14(19)10-11(15(20)22-2)13-16(5-6-16)12(10)17-8-3-4-9(7-8)18(13,17)23-17/h8-9,12-13H,3-7H2,1-2H3/t8-,9-,12+,13+,17-,18+/m1/s1. The number of carbonyl (C=O) groups is 2. The molecule has 0 N–H and O–H groups in total. The van der Waals surface area contributed by atoms with E-state index in [1.807, 2.05) is 0 Å². The molecule has 6 rings (SSSR count). The quantitative estimate of drug-likeness (QED) is 0.572. The van der Waals surface area contributed by atoms with Gasteiger partial charge in [0.2, 0.25) is 0 Å². The molecule has 5 heteroatoms. The smallest absolute Gasteiger partial charge is 0.334 e. The van der Waals surface area contributed by atoms with Crippen LogP contribution in [0.4, 0.5) is 0 Å². The number of hydrogen-bond acceptors (Lipinski definition) is 5. The fourth-order valence-electron chi connectivity index (χ4n) is 7.59. The van der Waals surface area contributed by atoms with Crippen LogP contribution in [-0.4, -0.2) is 37.4 Å². The Morgan fingerprint density at radius 1 is 0.957 bits per heavy atom. The van der Waals surface area contributed by atoms with Crippen LogP contribution in [0, 0.1) is 29.1 Å². The summed E-state index contributed by atoms with van der Waals surface area (Å²) in [7, 11) is 2.80. The molecular formula is C18H20O5. The van der Waals surface area contributed by atoms with Gasteiger partial charge in [0.05, 0.1) is 25.4 Å². The van der Waals surface area contributed by atoms with Crippen molar-refractivity contribution in [3.8, 4) is 0 Å². The minimum Gasteiger partial charge on any atom is -0.466 e. The van der Waals surface area contributed by atoms with Crippen LogP contribution in [0.25, 0.3) is 0 Å². The highest BCUT2D eigenvalue weighted by Gasteiger charge is 2.99. The van der Waals surface area contributed by atoms with Crippen LogP contribution in [-0.2, 0) is 23.8 Å². The van der Waals surface area contributed by atoms with Crippen LogP contribution in [0.5, 0.6) is 0 Å². The largest absolute Gasteiger partial charge is 0.466 e. The molecular weight excluding hydrogens is 296 g/mol. The van der Waals surface area contributed by atoms with Crippen LogP contribution in [0.15, 0.2) is 11.1 Å². The second-order valence-electron chi connectivity index (χ2n) is 8.30. The van der Waals surface area contributed by atoms with Gasteiger partial charge in [-0.3, -0.25) is 0 Å². The molecule has 0 aromatic carbocycles. The molecule has 0 aromatic rings. The van der Waals surface area contributed by atoms with Crippen molar-refractivity contribution in [1.82, 2.24) is 0 Å². The third-order valence-corrected chi connectivity index (χ3v) is 8.07. The Kier molecular flexibility index (Phi) is 1.90. The molecule has 4 saturated carbocycles. The highest BCUT2D eigenvalue weighted by Crippen LogP contribution is 2.93. The Morgan fingerprint density at radius 2 is 1.43 bits per heavy atom.